The molecule has 0 saturated carbocycles. The van der Waals surface area contributed by atoms with Crippen molar-refractivity contribution in [1.82, 2.24) is 20.1 Å². The SMILES string of the molecule is COc1cccc(-n2cnnc2SCC(=O)NCCCN(C)c2ccccc2)c1. The van der Waals surface area contributed by atoms with Crippen LogP contribution in [0.1, 0.15) is 6.42 Å². The number of carbonyl (C=O) groups excluding carboxylic acids is 1. The fourth-order valence-corrected chi connectivity index (χ4v) is 3.56. The highest BCUT2D eigenvalue weighted by Crippen LogP contribution is 2.22. The van der Waals surface area contributed by atoms with Crippen molar-refractivity contribution in [3.8, 4) is 11.4 Å². The van der Waals surface area contributed by atoms with Crippen LogP contribution in [0.3, 0.4) is 0 Å². The Kier molecular flexibility index (Phi) is 7.52. The molecule has 1 N–H and O–H groups in total. The Balaban J connectivity index is 1.43. The molecule has 0 fully saturated rings. The van der Waals surface area contributed by atoms with Crippen molar-refractivity contribution in [3.05, 3.63) is 60.9 Å². The van der Waals surface area contributed by atoms with Gasteiger partial charge in [0.1, 0.15) is 12.1 Å². The zero-order valence-corrected chi connectivity index (χ0v) is 17.4. The molecule has 0 aliphatic carbocycles. The maximum absolute atomic E-state index is 12.2. The van der Waals surface area contributed by atoms with E-state index in [0.717, 1.165) is 24.4 Å². The van der Waals surface area contributed by atoms with Gasteiger partial charge in [0, 0.05) is 31.9 Å². The maximum atomic E-state index is 12.2. The number of ether oxygens (including phenoxy) is 1. The number of hydrogen-bond acceptors (Lipinski definition) is 6. The van der Waals surface area contributed by atoms with Crippen molar-refractivity contribution in [2.75, 3.05) is 37.9 Å². The first-order chi connectivity index (χ1) is 14.2. The van der Waals surface area contributed by atoms with Gasteiger partial charge in [-0.1, -0.05) is 36.0 Å². The van der Waals surface area contributed by atoms with Crippen molar-refractivity contribution in [2.24, 2.45) is 0 Å². The normalized spacial score (nSPS) is 10.6. The fraction of sp³-hybridized carbons (Fsp3) is 0.286. The van der Waals surface area contributed by atoms with Gasteiger partial charge in [0.2, 0.25) is 5.91 Å². The van der Waals surface area contributed by atoms with Gasteiger partial charge in [-0.3, -0.25) is 9.36 Å². The van der Waals surface area contributed by atoms with E-state index in [9.17, 15) is 4.79 Å². The Morgan fingerprint density at radius 1 is 1.21 bits per heavy atom. The highest BCUT2D eigenvalue weighted by molar-refractivity contribution is 7.99. The predicted octanol–water partition coefficient (Wildman–Crippen LogP) is 3.01. The van der Waals surface area contributed by atoms with Crippen LogP contribution in [0.5, 0.6) is 5.75 Å². The molecular formula is C21H25N5O2S. The Bertz CT molecular complexity index is 916. The second-order valence-corrected chi connectivity index (χ2v) is 7.38. The minimum atomic E-state index is -0.0162. The van der Waals surface area contributed by atoms with E-state index < -0.39 is 0 Å². The highest BCUT2D eigenvalue weighted by atomic mass is 32.2. The number of nitrogens with zero attached hydrogens (tertiary/aromatic N) is 4. The van der Waals surface area contributed by atoms with Gasteiger partial charge >= 0.3 is 0 Å². The Morgan fingerprint density at radius 3 is 2.83 bits per heavy atom. The lowest BCUT2D eigenvalue weighted by atomic mass is 10.3. The molecule has 29 heavy (non-hydrogen) atoms. The molecule has 3 rings (SSSR count). The van der Waals surface area contributed by atoms with Crippen LogP contribution < -0.4 is 15.0 Å². The molecule has 0 spiro atoms. The minimum absolute atomic E-state index is 0.0162. The molecule has 0 radical (unpaired) electrons. The van der Waals surface area contributed by atoms with E-state index >= 15 is 0 Å². The van der Waals surface area contributed by atoms with E-state index in [4.69, 9.17) is 4.74 Å². The molecule has 0 saturated heterocycles. The number of rotatable bonds is 10. The van der Waals surface area contributed by atoms with Crippen LogP contribution in [0.25, 0.3) is 5.69 Å². The van der Waals surface area contributed by atoms with Gasteiger partial charge in [-0.2, -0.15) is 0 Å². The van der Waals surface area contributed by atoms with Gasteiger partial charge in [-0.15, -0.1) is 10.2 Å². The first kappa shape index (κ1) is 20.7. The van der Waals surface area contributed by atoms with Gasteiger partial charge in [0.15, 0.2) is 5.16 Å². The van der Waals surface area contributed by atoms with E-state index in [1.54, 1.807) is 13.4 Å². The zero-order valence-electron chi connectivity index (χ0n) is 16.6. The second kappa shape index (κ2) is 10.5. The Labute approximate surface area is 175 Å². The summed E-state index contributed by atoms with van der Waals surface area (Å²) in [6.45, 7) is 1.51. The molecule has 1 heterocycles. The summed E-state index contributed by atoms with van der Waals surface area (Å²) < 4.78 is 7.10. The number of methoxy groups -OCH3 is 1. The molecule has 2 aromatic carbocycles. The minimum Gasteiger partial charge on any atom is -0.497 e. The number of hydrogen-bond donors (Lipinski definition) is 1. The van der Waals surface area contributed by atoms with Crippen molar-refractivity contribution in [2.45, 2.75) is 11.6 Å². The zero-order chi connectivity index (χ0) is 20.5. The third kappa shape index (κ3) is 5.99. The van der Waals surface area contributed by atoms with Crippen LogP contribution in [-0.2, 0) is 4.79 Å². The number of anilines is 1. The summed E-state index contributed by atoms with van der Waals surface area (Å²) in [6, 6.07) is 17.8. The monoisotopic (exact) mass is 411 g/mol. The third-order valence-electron chi connectivity index (χ3n) is 4.37. The molecule has 1 aromatic heterocycles. The number of carbonyl (C=O) groups is 1. The highest BCUT2D eigenvalue weighted by Gasteiger charge is 2.10. The van der Waals surface area contributed by atoms with E-state index in [2.05, 4.69) is 39.6 Å². The molecule has 3 aromatic rings. The summed E-state index contributed by atoms with van der Waals surface area (Å²) in [5.41, 5.74) is 2.06. The molecule has 0 unspecified atom stereocenters. The molecule has 0 atom stereocenters. The van der Waals surface area contributed by atoms with Gasteiger partial charge in [0.25, 0.3) is 0 Å². The number of nitrogens with one attached hydrogen (secondary N) is 1. The molecule has 152 valence electrons. The smallest absolute Gasteiger partial charge is 0.230 e. The van der Waals surface area contributed by atoms with E-state index in [1.807, 2.05) is 47.0 Å². The van der Waals surface area contributed by atoms with E-state index in [-0.39, 0.29) is 11.7 Å². The average Bonchev–Trinajstić information content (AvgIpc) is 3.24. The van der Waals surface area contributed by atoms with E-state index in [1.165, 1.54) is 17.4 Å². The van der Waals surface area contributed by atoms with Crippen LogP contribution in [0, 0.1) is 0 Å². The van der Waals surface area contributed by atoms with Crippen LogP contribution in [0.4, 0.5) is 5.69 Å². The molecule has 8 heteroatoms. The molecule has 0 bridgehead atoms. The average molecular weight is 412 g/mol. The number of para-hydroxylation sites is 1. The first-order valence-electron chi connectivity index (χ1n) is 9.37. The summed E-state index contributed by atoms with van der Waals surface area (Å²) in [5.74, 6) is 1.03. The Hall–Kier alpha value is -3.00. The van der Waals surface area contributed by atoms with E-state index in [0.29, 0.717) is 11.7 Å². The van der Waals surface area contributed by atoms with Crippen LogP contribution in [0.15, 0.2) is 66.1 Å². The van der Waals surface area contributed by atoms with Crippen LogP contribution in [0.2, 0.25) is 0 Å². The first-order valence-corrected chi connectivity index (χ1v) is 10.4. The molecule has 7 nitrogen and oxygen atoms in total. The number of aromatic nitrogens is 3. The van der Waals surface area contributed by atoms with Crippen molar-refractivity contribution >= 4 is 23.4 Å². The van der Waals surface area contributed by atoms with Crippen molar-refractivity contribution in [3.63, 3.8) is 0 Å². The largest absolute Gasteiger partial charge is 0.497 e. The molecule has 1 amide bonds. The van der Waals surface area contributed by atoms with Gasteiger partial charge < -0.3 is 15.0 Å². The summed E-state index contributed by atoms with van der Waals surface area (Å²) in [7, 11) is 3.68. The lowest BCUT2D eigenvalue weighted by molar-refractivity contribution is -0.118. The summed E-state index contributed by atoms with van der Waals surface area (Å²) >= 11 is 1.36. The summed E-state index contributed by atoms with van der Waals surface area (Å²) in [4.78, 5) is 14.4. The van der Waals surface area contributed by atoms with Crippen LogP contribution in [-0.4, -0.2) is 53.7 Å². The van der Waals surface area contributed by atoms with Crippen LogP contribution >= 0.6 is 11.8 Å². The Morgan fingerprint density at radius 2 is 2.03 bits per heavy atom. The predicted molar refractivity (Wildman–Crippen MR) is 116 cm³/mol. The van der Waals surface area contributed by atoms with Crippen molar-refractivity contribution < 1.29 is 9.53 Å². The molecule has 0 aliphatic heterocycles. The standard InChI is InChI=1S/C21H25N5O2S/c1-25(17-8-4-3-5-9-17)13-7-12-22-20(27)15-29-21-24-23-16-26(21)18-10-6-11-19(14-18)28-2/h3-6,8-11,14,16H,7,12-13,15H2,1-2H3,(H,22,27). The number of thioether (sulfide) groups is 1. The van der Waals surface area contributed by atoms with Gasteiger partial charge in [-0.05, 0) is 30.7 Å². The number of benzene rings is 2. The van der Waals surface area contributed by atoms with Gasteiger partial charge in [0.05, 0.1) is 18.6 Å². The topological polar surface area (TPSA) is 72.3 Å². The third-order valence-corrected chi connectivity index (χ3v) is 5.31. The summed E-state index contributed by atoms with van der Waals surface area (Å²) in [6.07, 6.45) is 2.51. The second-order valence-electron chi connectivity index (χ2n) is 6.43. The lowest BCUT2D eigenvalue weighted by Gasteiger charge is -2.19. The molecule has 0 aliphatic rings. The summed E-state index contributed by atoms with van der Waals surface area (Å²) in [5, 5.41) is 11.7. The van der Waals surface area contributed by atoms with Crippen molar-refractivity contribution in [1.29, 1.82) is 0 Å². The quantitative estimate of drug-likeness (QED) is 0.408. The number of amides is 1. The molecular weight excluding hydrogens is 386 g/mol. The maximum Gasteiger partial charge on any atom is 0.230 e. The fourth-order valence-electron chi connectivity index (χ4n) is 2.80. The lowest BCUT2D eigenvalue weighted by Crippen LogP contribution is -2.29. The van der Waals surface area contributed by atoms with Gasteiger partial charge in [-0.25, -0.2) is 0 Å².